The van der Waals surface area contributed by atoms with E-state index >= 15 is 0 Å². The number of aromatic amines is 1. The predicted octanol–water partition coefficient (Wildman–Crippen LogP) is 2.84. The van der Waals surface area contributed by atoms with Crippen LogP contribution in [-0.4, -0.2) is 28.9 Å². The largest absolute Gasteiger partial charge is 0.361 e. The van der Waals surface area contributed by atoms with Gasteiger partial charge in [0.15, 0.2) is 0 Å². The highest BCUT2D eigenvalue weighted by Gasteiger charge is 2.28. The van der Waals surface area contributed by atoms with Gasteiger partial charge in [-0.3, -0.25) is 9.69 Å². The molecule has 24 heavy (non-hydrogen) atoms. The van der Waals surface area contributed by atoms with Gasteiger partial charge < -0.3 is 10.3 Å². The molecule has 2 aromatic carbocycles. The number of carbonyl (C=O) groups is 1. The van der Waals surface area contributed by atoms with E-state index in [1.165, 1.54) is 16.5 Å². The maximum atomic E-state index is 12.6. The van der Waals surface area contributed by atoms with E-state index in [1.54, 1.807) is 0 Å². The number of amides is 1. The van der Waals surface area contributed by atoms with Gasteiger partial charge in [-0.2, -0.15) is 0 Å². The van der Waals surface area contributed by atoms with E-state index in [-0.39, 0.29) is 11.9 Å². The first-order valence-electron chi connectivity index (χ1n) is 8.31. The van der Waals surface area contributed by atoms with Crippen LogP contribution in [0.2, 0.25) is 0 Å². The summed E-state index contributed by atoms with van der Waals surface area (Å²) in [6.07, 6.45) is 2.71. The molecule has 0 saturated heterocycles. The van der Waals surface area contributed by atoms with Gasteiger partial charge in [-0.25, -0.2) is 0 Å². The molecule has 122 valence electrons. The van der Waals surface area contributed by atoms with E-state index in [2.05, 4.69) is 51.6 Å². The number of likely N-dealkylation sites (N-methyl/N-ethyl adjacent to an activating group) is 1. The van der Waals surface area contributed by atoms with Gasteiger partial charge in [-0.1, -0.05) is 30.3 Å². The van der Waals surface area contributed by atoms with Gasteiger partial charge in [0.2, 0.25) is 5.91 Å². The van der Waals surface area contributed by atoms with Gasteiger partial charge in [-0.15, -0.1) is 0 Å². The summed E-state index contributed by atoms with van der Waals surface area (Å²) in [5.74, 6) is 0.0983. The third kappa shape index (κ3) is 2.81. The zero-order valence-corrected chi connectivity index (χ0v) is 13.8. The van der Waals surface area contributed by atoms with Gasteiger partial charge in [-0.05, 0) is 53.7 Å². The zero-order chi connectivity index (χ0) is 16.5. The van der Waals surface area contributed by atoms with Crippen LogP contribution in [0.3, 0.4) is 0 Å². The summed E-state index contributed by atoms with van der Waals surface area (Å²) < 4.78 is 0. The molecule has 0 spiro atoms. The highest BCUT2D eigenvalue weighted by molar-refractivity contribution is 5.83. The second-order valence-electron chi connectivity index (χ2n) is 6.52. The molecule has 0 bridgehead atoms. The zero-order valence-electron chi connectivity index (χ0n) is 13.8. The van der Waals surface area contributed by atoms with Gasteiger partial charge in [0.1, 0.15) is 0 Å². The van der Waals surface area contributed by atoms with Crippen molar-refractivity contribution in [2.75, 3.05) is 7.05 Å². The summed E-state index contributed by atoms with van der Waals surface area (Å²) in [6, 6.07) is 16.6. The number of carbonyl (C=O) groups excluding carboxylic acids is 1. The molecule has 1 aliphatic rings. The molecule has 2 heterocycles. The lowest BCUT2D eigenvalue weighted by molar-refractivity contribution is -0.126. The van der Waals surface area contributed by atoms with Crippen LogP contribution in [0.15, 0.2) is 54.7 Å². The average molecular weight is 319 g/mol. The first-order valence-corrected chi connectivity index (χ1v) is 8.31. The Kier molecular flexibility index (Phi) is 3.82. The Balaban J connectivity index is 1.44. The van der Waals surface area contributed by atoms with E-state index in [9.17, 15) is 4.79 Å². The summed E-state index contributed by atoms with van der Waals surface area (Å²) in [5.41, 5.74) is 4.84. The Bertz CT molecular complexity index is 883. The number of aromatic nitrogens is 1. The lowest BCUT2D eigenvalue weighted by Crippen LogP contribution is -2.48. The van der Waals surface area contributed by atoms with E-state index in [4.69, 9.17) is 0 Å². The van der Waals surface area contributed by atoms with Crippen LogP contribution >= 0.6 is 0 Å². The van der Waals surface area contributed by atoms with Crippen LogP contribution in [-0.2, 0) is 24.3 Å². The number of H-pyrrole nitrogens is 1. The topological polar surface area (TPSA) is 48.1 Å². The molecule has 4 nitrogen and oxygen atoms in total. The average Bonchev–Trinajstić information content (AvgIpc) is 3.06. The van der Waals surface area contributed by atoms with Crippen molar-refractivity contribution in [1.82, 2.24) is 15.2 Å². The molecular weight excluding hydrogens is 298 g/mol. The summed E-state index contributed by atoms with van der Waals surface area (Å²) in [4.78, 5) is 18.0. The van der Waals surface area contributed by atoms with Gasteiger partial charge in [0.05, 0.1) is 6.04 Å². The molecule has 1 atom stereocenters. The fourth-order valence-electron chi connectivity index (χ4n) is 3.47. The summed E-state index contributed by atoms with van der Waals surface area (Å²) >= 11 is 0. The van der Waals surface area contributed by atoms with E-state index in [1.807, 2.05) is 25.4 Å². The normalized spacial score (nSPS) is 17.6. The molecule has 4 heteroatoms. The molecule has 1 aliphatic heterocycles. The van der Waals surface area contributed by atoms with Crippen molar-refractivity contribution in [2.45, 2.75) is 25.6 Å². The predicted molar refractivity (Wildman–Crippen MR) is 95.5 cm³/mol. The first kappa shape index (κ1) is 15.0. The molecular formula is C20H21N3O. The van der Waals surface area contributed by atoms with Crippen molar-refractivity contribution in [1.29, 1.82) is 0 Å². The SMILES string of the molecule is CN1Cc2ccccc2C[C@H]1C(=O)NCc1ccc2[nH]ccc2c1. The van der Waals surface area contributed by atoms with E-state index in [0.29, 0.717) is 6.54 Å². The van der Waals surface area contributed by atoms with Crippen molar-refractivity contribution in [2.24, 2.45) is 0 Å². The number of nitrogens with zero attached hydrogens (tertiary/aromatic N) is 1. The molecule has 0 aliphatic carbocycles. The van der Waals surface area contributed by atoms with Gasteiger partial charge in [0.25, 0.3) is 0 Å². The molecule has 1 aromatic heterocycles. The lowest BCUT2D eigenvalue weighted by atomic mass is 9.94. The summed E-state index contributed by atoms with van der Waals surface area (Å²) in [5, 5.41) is 4.27. The third-order valence-corrected chi connectivity index (χ3v) is 4.87. The highest BCUT2D eigenvalue weighted by Crippen LogP contribution is 2.22. The Morgan fingerprint density at radius 3 is 2.92 bits per heavy atom. The Labute approximate surface area is 141 Å². The number of benzene rings is 2. The molecule has 0 radical (unpaired) electrons. The van der Waals surface area contributed by atoms with Crippen LogP contribution in [0.25, 0.3) is 10.9 Å². The number of hydrogen-bond acceptors (Lipinski definition) is 2. The molecule has 1 amide bonds. The van der Waals surface area contributed by atoms with Gasteiger partial charge in [0, 0.05) is 24.8 Å². The van der Waals surface area contributed by atoms with Crippen molar-refractivity contribution < 1.29 is 4.79 Å². The minimum Gasteiger partial charge on any atom is -0.361 e. The second kappa shape index (κ2) is 6.13. The minimum absolute atomic E-state index is 0.0983. The van der Waals surface area contributed by atoms with E-state index < -0.39 is 0 Å². The number of rotatable bonds is 3. The van der Waals surface area contributed by atoms with Crippen molar-refractivity contribution in [3.8, 4) is 0 Å². The summed E-state index contributed by atoms with van der Waals surface area (Å²) in [6.45, 7) is 1.38. The minimum atomic E-state index is -0.101. The smallest absolute Gasteiger partial charge is 0.237 e. The Morgan fingerprint density at radius 1 is 1.21 bits per heavy atom. The van der Waals surface area contributed by atoms with Crippen LogP contribution in [0.4, 0.5) is 0 Å². The Hall–Kier alpha value is -2.59. The van der Waals surface area contributed by atoms with Gasteiger partial charge >= 0.3 is 0 Å². The van der Waals surface area contributed by atoms with Crippen molar-refractivity contribution in [3.05, 3.63) is 71.4 Å². The number of fused-ring (bicyclic) bond motifs is 2. The molecule has 3 aromatic rings. The highest BCUT2D eigenvalue weighted by atomic mass is 16.2. The first-order chi connectivity index (χ1) is 11.7. The van der Waals surface area contributed by atoms with Crippen LogP contribution < -0.4 is 5.32 Å². The van der Waals surface area contributed by atoms with Crippen molar-refractivity contribution >= 4 is 16.8 Å². The van der Waals surface area contributed by atoms with Crippen molar-refractivity contribution in [3.63, 3.8) is 0 Å². The maximum absolute atomic E-state index is 12.6. The number of nitrogens with one attached hydrogen (secondary N) is 2. The van der Waals surface area contributed by atoms with Crippen LogP contribution in [0.5, 0.6) is 0 Å². The third-order valence-electron chi connectivity index (χ3n) is 4.87. The molecule has 0 saturated carbocycles. The molecule has 2 N–H and O–H groups in total. The second-order valence-corrected chi connectivity index (χ2v) is 6.52. The lowest BCUT2D eigenvalue weighted by Gasteiger charge is -2.33. The number of hydrogen-bond donors (Lipinski definition) is 2. The molecule has 4 rings (SSSR count). The summed E-state index contributed by atoms with van der Waals surface area (Å²) in [7, 11) is 2.02. The monoisotopic (exact) mass is 319 g/mol. The quantitative estimate of drug-likeness (QED) is 0.780. The van der Waals surface area contributed by atoms with Crippen LogP contribution in [0.1, 0.15) is 16.7 Å². The fraction of sp³-hybridized carbons (Fsp3) is 0.250. The molecule has 0 fully saturated rings. The Morgan fingerprint density at radius 2 is 2.04 bits per heavy atom. The fourth-order valence-corrected chi connectivity index (χ4v) is 3.47. The molecule has 0 unspecified atom stereocenters. The van der Waals surface area contributed by atoms with Crippen LogP contribution in [0, 0.1) is 0 Å². The van der Waals surface area contributed by atoms with E-state index in [0.717, 1.165) is 24.0 Å². The standard InChI is InChI=1S/C20H21N3O/c1-23-13-17-5-3-2-4-15(17)11-19(23)20(24)22-12-14-6-7-18-16(10-14)8-9-21-18/h2-10,19,21H,11-13H2,1H3,(H,22,24)/t19-/m0/s1. The maximum Gasteiger partial charge on any atom is 0.237 e.